The molecule has 14 nitrogen and oxygen atoms in total. The van der Waals surface area contributed by atoms with Crippen LogP contribution in [0.4, 0.5) is 10.1 Å². The first kappa shape index (κ1) is 43.0. The SMILES string of the molecule is C[C@@H]1C[C@H]2[C@@H]3CCC4=CC(=O)C=C[C@]4(C)[C@@]3(F)[C@@H](O)C[C@]2(C)[C@@]1(O)C(=O)COC(=O)c1ccc(C(=O)OCC(NC(=O)C(Cl)Cl)C(O)c2ccc([N+](=O)[O-])cc2)cc1. The Morgan fingerprint density at radius 3 is 2.21 bits per heavy atom. The molecule has 3 saturated carbocycles. The largest absolute Gasteiger partial charge is 0.460 e. The first-order valence-corrected chi connectivity index (χ1v) is 19.6. The van der Waals surface area contributed by atoms with Crippen molar-refractivity contribution in [2.75, 3.05) is 13.2 Å². The molecule has 4 N–H and O–H groups in total. The van der Waals surface area contributed by atoms with Crippen LogP contribution in [0.5, 0.6) is 0 Å². The number of ether oxygens (including phenoxy) is 2. The number of aliphatic hydroxyl groups is 3. The maximum Gasteiger partial charge on any atom is 0.338 e. The fraction of sp³-hybridized carbons (Fsp3) is 0.488. The number of nitro benzene ring substituents is 1. The van der Waals surface area contributed by atoms with Gasteiger partial charge in [-0.2, -0.15) is 0 Å². The summed E-state index contributed by atoms with van der Waals surface area (Å²) in [6.45, 7) is 3.63. The van der Waals surface area contributed by atoms with Crippen LogP contribution in [-0.2, 0) is 23.9 Å². The topological polar surface area (TPSA) is 220 Å². The lowest BCUT2D eigenvalue weighted by Gasteiger charge is -2.62. The molecule has 58 heavy (non-hydrogen) atoms. The number of benzene rings is 2. The summed E-state index contributed by atoms with van der Waals surface area (Å²) in [6, 6.07) is 8.48. The molecule has 2 aromatic rings. The molecule has 2 aromatic carbocycles. The number of hydrogen-bond acceptors (Lipinski definition) is 12. The third kappa shape index (κ3) is 7.14. The van der Waals surface area contributed by atoms with Gasteiger partial charge in [0, 0.05) is 28.9 Å². The molecule has 4 aliphatic carbocycles. The van der Waals surface area contributed by atoms with Crippen molar-refractivity contribution in [2.45, 2.75) is 80.8 Å². The molecule has 3 fully saturated rings. The van der Waals surface area contributed by atoms with Crippen molar-refractivity contribution in [1.82, 2.24) is 5.32 Å². The average molecular weight is 846 g/mol. The quantitative estimate of drug-likeness (QED) is 0.0976. The summed E-state index contributed by atoms with van der Waals surface area (Å²) in [5.41, 5.74) is -6.29. The molecule has 0 saturated heterocycles. The molecule has 0 heterocycles. The van der Waals surface area contributed by atoms with Gasteiger partial charge in [0.2, 0.25) is 5.78 Å². The highest BCUT2D eigenvalue weighted by atomic mass is 35.5. The van der Waals surface area contributed by atoms with E-state index in [1.165, 1.54) is 54.6 Å². The highest BCUT2D eigenvalue weighted by molar-refractivity contribution is 6.53. The van der Waals surface area contributed by atoms with E-state index in [0.717, 1.165) is 12.1 Å². The number of esters is 2. The summed E-state index contributed by atoms with van der Waals surface area (Å²) in [7, 11) is 0. The molecule has 1 amide bonds. The van der Waals surface area contributed by atoms with Crippen LogP contribution < -0.4 is 5.32 Å². The van der Waals surface area contributed by atoms with Crippen molar-refractivity contribution in [2.24, 2.45) is 28.6 Å². The second kappa shape index (κ2) is 15.9. The third-order valence-corrected chi connectivity index (χ3v) is 13.5. The number of nitrogens with zero attached hydrogens (tertiary/aromatic N) is 1. The second-order valence-corrected chi connectivity index (χ2v) is 17.1. The van der Waals surface area contributed by atoms with E-state index in [0.29, 0.717) is 18.4 Å². The summed E-state index contributed by atoms with van der Waals surface area (Å²) in [5, 5.41) is 48.1. The van der Waals surface area contributed by atoms with Gasteiger partial charge in [-0.15, -0.1) is 0 Å². The molecule has 0 aromatic heterocycles. The smallest absolute Gasteiger partial charge is 0.338 e. The monoisotopic (exact) mass is 844 g/mol. The standard InChI is InChI=1S/C41H43Cl2FN2O12/c1-21-16-29-28-13-10-25-17-27(47)14-15-38(25,2)40(28,44)31(48)18-39(29,3)41(21,54)32(49)20-58-37(53)24-6-4-23(5-7-24)36(52)57-19-30(45-35(51)34(42)43)33(50)22-8-11-26(12-9-22)46(55)56/h4-9,11-12,14-15,17,21,28-31,33-34,48,50,54H,10,13,16,18-20H2,1-3H3,(H,45,51)/t21-,28+,29+,30?,31+,33?,38+,39+,40+,41+/m1/s1. The number of ketones is 2. The summed E-state index contributed by atoms with van der Waals surface area (Å²) in [6.07, 6.45) is 1.98. The summed E-state index contributed by atoms with van der Waals surface area (Å²) >= 11 is 11.3. The number of alkyl halides is 3. The van der Waals surface area contributed by atoms with E-state index in [4.69, 9.17) is 32.7 Å². The molecule has 310 valence electrons. The minimum atomic E-state index is -2.15. The van der Waals surface area contributed by atoms with Gasteiger partial charge in [-0.1, -0.05) is 48.7 Å². The highest BCUT2D eigenvalue weighted by Crippen LogP contribution is 2.70. The molecule has 6 rings (SSSR count). The number of halogens is 3. The Morgan fingerprint density at radius 2 is 1.62 bits per heavy atom. The van der Waals surface area contributed by atoms with Gasteiger partial charge in [-0.3, -0.25) is 24.5 Å². The van der Waals surface area contributed by atoms with Gasteiger partial charge in [0.25, 0.3) is 11.6 Å². The number of fused-ring (bicyclic) bond motifs is 5. The number of carbonyl (C=O) groups excluding carboxylic acids is 5. The fourth-order valence-electron chi connectivity index (χ4n) is 9.94. The minimum absolute atomic E-state index is 0.0440. The highest BCUT2D eigenvalue weighted by Gasteiger charge is 2.75. The van der Waals surface area contributed by atoms with Crippen molar-refractivity contribution in [3.8, 4) is 0 Å². The number of nitrogens with one attached hydrogen (secondary N) is 1. The lowest BCUT2D eigenvalue weighted by molar-refractivity contribution is -0.384. The minimum Gasteiger partial charge on any atom is -0.460 e. The van der Waals surface area contributed by atoms with Crippen LogP contribution in [0, 0.1) is 38.7 Å². The van der Waals surface area contributed by atoms with Crippen LogP contribution in [0.25, 0.3) is 0 Å². The predicted molar refractivity (Wildman–Crippen MR) is 205 cm³/mol. The van der Waals surface area contributed by atoms with Gasteiger partial charge < -0.3 is 30.1 Å². The van der Waals surface area contributed by atoms with Gasteiger partial charge in [0.05, 0.1) is 28.2 Å². The summed E-state index contributed by atoms with van der Waals surface area (Å²) < 4.78 is 28.1. The van der Waals surface area contributed by atoms with Crippen LogP contribution in [0.3, 0.4) is 0 Å². The van der Waals surface area contributed by atoms with E-state index in [-0.39, 0.29) is 41.0 Å². The Labute approximate surface area is 342 Å². The molecular formula is C41H43Cl2FN2O12. The van der Waals surface area contributed by atoms with Gasteiger partial charge >= 0.3 is 11.9 Å². The zero-order valence-corrected chi connectivity index (χ0v) is 33.2. The maximum atomic E-state index is 17.5. The second-order valence-electron chi connectivity index (χ2n) is 16.1. The Balaban J connectivity index is 1.09. The molecule has 10 atom stereocenters. The van der Waals surface area contributed by atoms with E-state index < -0.39 is 105 Å². The lowest BCUT2D eigenvalue weighted by Crippen LogP contribution is -2.69. The Morgan fingerprint density at radius 1 is 1.02 bits per heavy atom. The van der Waals surface area contributed by atoms with Gasteiger partial charge in [-0.25, -0.2) is 14.0 Å². The Hall–Kier alpha value is -4.54. The van der Waals surface area contributed by atoms with Crippen molar-refractivity contribution in [1.29, 1.82) is 0 Å². The summed E-state index contributed by atoms with van der Waals surface area (Å²) in [4.78, 5) is 73.2. The fourth-order valence-corrected chi connectivity index (χ4v) is 10.1. The van der Waals surface area contributed by atoms with Gasteiger partial charge in [-0.05, 0) is 98.6 Å². The van der Waals surface area contributed by atoms with Crippen molar-refractivity contribution in [3.63, 3.8) is 0 Å². The normalized spacial score (nSPS) is 32.2. The van der Waals surface area contributed by atoms with Crippen molar-refractivity contribution >= 4 is 58.3 Å². The average Bonchev–Trinajstić information content (AvgIpc) is 3.39. The number of rotatable bonds is 12. The molecular weight excluding hydrogens is 802 g/mol. The molecule has 2 unspecified atom stereocenters. The number of nitro groups is 1. The molecule has 0 aliphatic heterocycles. The third-order valence-electron chi connectivity index (χ3n) is 13.1. The Bertz CT molecular complexity index is 2080. The molecule has 4 aliphatic rings. The first-order valence-electron chi connectivity index (χ1n) is 18.7. The van der Waals surface area contributed by atoms with Crippen molar-refractivity contribution < 1.29 is 58.1 Å². The van der Waals surface area contributed by atoms with Gasteiger partial charge in [0.15, 0.2) is 22.9 Å². The van der Waals surface area contributed by atoms with E-state index >= 15 is 4.39 Å². The van der Waals surface area contributed by atoms with Gasteiger partial charge in [0.1, 0.15) is 18.3 Å². The number of non-ortho nitro benzene ring substituents is 1. The molecule has 0 spiro atoms. The first-order chi connectivity index (χ1) is 27.2. The van der Waals surface area contributed by atoms with Crippen LogP contribution in [0.15, 0.2) is 72.3 Å². The Kier molecular flexibility index (Phi) is 11.8. The predicted octanol–water partition coefficient (Wildman–Crippen LogP) is 4.85. The van der Waals surface area contributed by atoms with Crippen molar-refractivity contribution in [3.05, 3.63) is 99.1 Å². The van der Waals surface area contributed by atoms with Crippen LogP contribution in [0.2, 0.25) is 0 Å². The molecule has 0 bridgehead atoms. The number of allylic oxidation sites excluding steroid dienone is 4. The number of Topliss-reactive ketones (excluding diaryl/α,β-unsaturated/α-hetero) is 1. The van der Waals surface area contributed by atoms with E-state index in [1.807, 2.05) is 0 Å². The summed E-state index contributed by atoms with van der Waals surface area (Å²) in [5.74, 6) is -5.71. The zero-order valence-electron chi connectivity index (χ0n) is 31.7. The van der Waals surface area contributed by atoms with Crippen LogP contribution >= 0.6 is 23.2 Å². The van der Waals surface area contributed by atoms with E-state index in [2.05, 4.69) is 5.32 Å². The number of aliphatic hydroxyl groups excluding tert-OH is 2. The number of hydrogen-bond donors (Lipinski definition) is 4. The van der Waals surface area contributed by atoms with Crippen LogP contribution in [-0.4, -0.2) is 91.1 Å². The van der Waals surface area contributed by atoms with E-state index in [9.17, 15) is 49.4 Å². The lowest BCUT2D eigenvalue weighted by atomic mass is 9.44. The number of amides is 1. The number of carbonyl (C=O) groups is 5. The molecule has 17 heteroatoms. The molecule has 0 radical (unpaired) electrons. The maximum absolute atomic E-state index is 17.5. The van der Waals surface area contributed by atoms with Crippen LogP contribution in [0.1, 0.15) is 78.8 Å². The van der Waals surface area contributed by atoms with E-state index in [1.54, 1.807) is 20.8 Å². The zero-order chi connectivity index (χ0) is 42.5.